The fourth-order valence-corrected chi connectivity index (χ4v) is 7.09. The Bertz CT molecular complexity index is 1790. The van der Waals surface area contributed by atoms with Crippen LogP contribution in [0.1, 0.15) is 113 Å². The first-order valence-corrected chi connectivity index (χ1v) is 21.6. The van der Waals surface area contributed by atoms with Crippen molar-refractivity contribution < 1.29 is 24.3 Å². The number of carbonyl (C=O) groups excluding carboxylic acids is 4. The molecule has 59 heavy (non-hydrogen) atoms. The van der Waals surface area contributed by atoms with Crippen LogP contribution in [0, 0.1) is 0 Å². The average molecular weight is 808 g/mol. The minimum atomic E-state index is -1.07. The van der Waals surface area contributed by atoms with E-state index in [4.69, 9.17) is 0 Å². The number of phenolic OH excluding ortho intramolecular Hbond substituents is 1. The van der Waals surface area contributed by atoms with Crippen molar-refractivity contribution >= 4 is 23.6 Å². The summed E-state index contributed by atoms with van der Waals surface area (Å²) in [5, 5.41) is 18.7. The van der Waals surface area contributed by atoms with Gasteiger partial charge in [0, 0.05) is 69.5 Å². The number of H-pyrrole nitrogens is 1. The molecular weight excluding hydrogens is 743 g/mol. The summed E-state index contributed by atoms with van der Waals surface area (Å²) < 4.78 is 0. The molecule has 2 aromatic heterocycles. The molecule has 3 atom stereocenters. The van der Waals surface area contributed by atoms with Crippen molar-refractivity contribution in [3.05, 3.63) is 114 Å². The Morgan fingerprint density at radius 1 is 0.678 bits per heavy atom. The Labute approximate surface area is 350 Å². The zero-order valence-electron chi connectivity index (χ0n) is 35.0. The zero-order valence-corrected chi connectivity index (χ0v) is 35.0. The number of amides is 4. The van der Waals surface area contributed by atoms with Crippen LogP contribution in [0.2, 0.25) is 0 Å². The molecule has 12 heteroatoms. The second-order valence-electron chi connectivity index (χ2n) is 15.6. The molecule has 4 amide bonds. The van der Waals surface area contributed by atoms with E-state index in [9.17, 15) is 24.3 Å². The lowest BCUT2D eigenvalue weighted by atomic mass is 10.0. The maximum Gasteiger partial charge on any atom is 0.245 e. The third kappa shape index (κ3) is 17.9. The van der Waals surface area contributed by atoms with Crippen LogP contribution in [0.25, 0.3) is 0 Å². The van der Waals surface area contributed by atoms with Crippen molar-refractivity contribution in [3.8, 4) is 5.75 Å². The SMILES string of the molecule is CCCCCCCCCCCCCCC(=O)N[C@@H](Cc1cnc[nH]1)C(=O)N[C@@H](Cc1ccccc1)C(=O)N[C@@H](Cc1ccc(O)cc1)C(=O)N(C)CCc1ccccn1. The van der Waals surface area contributed by atoms with Gasteiger partial charge in [0.2, 0.25) is 23.6 Å². The molecule has 0 fully saturated rings. The lowest BCUT2D eigenvalue weighted by Gasteiger charge is -2.28. The van der Waals surface area contributed by atoms with Gasteiger partial charge in [0.1, 0.15) is 23.9 Å². The number of pyridine rings is 1. The van der Waals surface area contributed by atoms with Gasteiger partial charge in [-0.1, -0.05) is 126 Å². The number of imidazole rings is 1. The number of aromatic hydroxyl groups is 1. The average Bonchev–Trinajstić information content (AvgIpc) is 3.77. The zero-order chi connectivity index (χ0) is 42.1. The molecule has 0 aliphatic rings. The second kappa shape index (κ2) is 26.5. The van der Waals surface area contributed by atoms with E-state index >= 15 is 0 Å². The van der Waals surface area contributed by atoms with Gasteiger partial charge in [-0.15, -0.1) is 0 Å². The number of carbonyl (C=O) groups is 4. The van der Waals surface area contributed by atoms with Gasteiger partial charge in [0.05, 0.1) is 6.33 Å². The van der Waals surface area contributed by atoms with Crippen molar-refractivity contribution in [2.45, 2.75) is 134 Å². The van der Waals surface area contributed by atoms with Gasteiger partial charge in [-0.2, -0.15) is 0 Å². The van der Waals surface area contributed by atoms with Crippen LogP contribution in [0.15, 0.2) is 91.5 Å². The van der Waals surface area contributed by atoms with Gasteiger partial charge in [-0.3, -0.25) is 24.2 Å². The van der Waals surface area contributed by atoms with Crippen LogP contribution in [-0.2, 0) is 44.9 Å². The van der Waals surface area contributed by atoms with Gasteiger partial charge in [-0.25, -0.2) is 4.98 Å². The summed E-state index contributed by atoms with van der Waals surface area (Å²) in [4.78, 5) is 68.7. The highest BCUT2D eigenvalue weighted by Gasteiger charge is 2.31. The van der Waals surface area contributed by atoms with Crippen LogP contribution in [0.3, 0.4) is 0 Å². The summed E-state index contributed by atoms with van der Waals surface area (Å²) >= 11 is 0. The first-order chi connectivity index (χ1) is 28.7. The van der Waals surface area contributed by atoms with Crippen molar-refractivity contribution in [3.63, 3.8) is 0 Å². The molecule has 4 rings (SSSR count). The fourth-order valence-electron chi connectivity index (χ4n) is 7.09. The number of aromatic amines is 1. The first-order valence-electron chi connectivity index (χ1n) is 21.6. The Morgan fingerprint density at radius 2 is 1.25 bits per heavy atom. The standard InChI is InChI=1S/C47H65N7O5/c1-3-4-5-6-7-8-9-10-11-12-13-17-23-44(56)51-42(33-39-34-48-35-50-39)46(58)52-41(31-36-20-15-14-16-21-36)45(57)53-43(32-37-24-26-40(55)27-25-37)47(59)54(2)30-28-38-22-18-19-29-49-38/h14-16,18-22,24-27,29,34-35,41-43,55H,3-13,17,23,28,30-33H2,1-2H3,(H,48,50)(H,51,56)(H,52,58)(H,53,57)/t41-,42-,43-/m0/s1. The molecule has 0 spiro atoms. The Kier molecular flexibility index (Phi) is 20.7. The molecule has 12 nitrogen and oxygen atoms in total. The third-order valence-electron chi connectivity index (χ3n) is 10.6. The summed E-state index contributed by atoms with van der Waals surface area (Å²) in [6, 6.07) is 18.4. The molecule has 0 unspecified atom stereocenters. The van der Waals surface area contributed by atoms with Crippen LogP contribution >= 0.6 is 0 Å². The summed E-state index contributed by atoms with van der Waals surface area (Å²) in [6.07, 6.45) is 20.4. The van der Waals surface area contributed by atoms with E-state index in [-0.39, 0.29) is 36.8 Å². The molecule has 0 aliphatic carbocycles. The number of rotatable bonds is 28. The van der Waals surface area contributed by atoms with Crippen molar-refractivity contribution in [1.29, 1.82) is 0 Å². The highest BCUT2D eigenvalue weighted by molar-refractivity contribution is 5.94. The van der Waals surface area contributed by atoms with E-state index in [0.717, 1.165) is 42.5 Å². The van der Waals surface area contributed by atoms with Crippen molar-refractivity contribution in [2.24, 2.45) is 0 Å². The van der Waals surface area contributed by atoms with E-state index < -0.39 is 29.9 Å². The van der Waals surface area contributed by atoms with E-state index in [0.29, 0.717) is 25.1 Å². The van der Waals surface area contributed by atoms with Crippen molar-refractivity contribution in [1.82, 2.24) is 35.8 Å². The second-order valence-corrected chi connectivity index (χ2v) is 15.6. The quantitative estimate of drug-likeness (QED) is 0.0394. The highest BCUT2D eigenvalue weighted by atomic mass is 16.3. The molecule has 2 heterocycles. The predicted octanol–water partition coefficient (Wildman–Crippen LogP) is 6.78. The predicted molar refractivity (Wildman–Crippen MR) is 231 cm³/mol. The van der Waals surface area contributed by atoms with Crippen LogP contribution in [-0.4, -0.2) is 80.3 Å². The smallest absolute Gasteiger partial charge is 0.245 e. The molecule has 0 saturated heterocycles. The van der Waals surface area contributed by atoms with E-state index in [2.05, 4.69) is 37.8 Å². The molecule has 5 N–H and O–H groups in total. The first kappa shape index (κ1) is 46.2. The minimum absolute atomic E-state index is 0.0876. The van der Waals surface area contributed by atoms with Crippen molar-refractivity contribution in [2.75, 3.05) is 13.6 Å². The Hall–Kier alpha value is -5.52. The lowest BCUT2D eigenvalue weighted by molar-refractivity contribution is -0.137. The molecule has 0 saturated carbocycles. The van der Waals surface area contributed by atoms with Gasteiger partial charge >= 0.3 is 0 Å². The summed E-state index contributed by atoms with van der Waals surface area (Å²) in [5.74, 6) is -1.51. The van der Waals surface area contributed by atoms with E-state index in [1.807, 2.05) is 48.5 Å². The summed E-state index contributed by atoms with van der Waals surface area (Å²) in [6.45, 7) is 2.61. The van der Waals surface area contributed by atoms with E-state index in [1.54, 1.807) is 36.5 Å². The molecule has 0 aliphatic heterocycles. The third-order valence-corrected chi connectivity index (χ3v) is 10.6. The number of hydrogen-bond acceptors (Lipinski definition) is 7. The number of nitrogens with zero attached hydrogens (tertiary/aromatic N) is 3. The highest BCUT2D eigenvalue weighted by Crippen LogP contribution is 2.15. The van der Waals surface area contributed by atoms with Gasteiger partial charge < -0.3 is 30.9 Å². The molecule has 318 valence electrons. The van der Waals surface area contributed by atoms with Crippen LogP contribution < -0.4 is 16.0 Å². The largest absolute Gasteiger partial charge is 0.508 e. The molecule has 0 bridgehead atoms. The maximum absolute atomic E-state index is 14.3. The number of nitrogens with one attached hydrogen (secondary N) is 4. The molecular formula is C47H65N7O5. The van der Waals surface area contributed by atoms with Gasteiger partial charge in [0.15, 0.2) is 0 Å². The fraction of sp³-hybridized carbons (Fsp3) is 0.489. The molecule has 2 aromatic carbocycles. The molecule has 0 radical (unpaired) electrons. The number of benzene rings is 2. The van der Waals surface area contributed by atoms with Gasteiger partial charge in [-0.05, 0) is 41.8 Å². The Balaban J connectivity index is 1.41. The monoisotopic (exact) mass is 808 g/mol. The van der Waals surface area contributed by atoms with E-state index in [1.165, 1.54) is 69.8 Å². The van der Waals surface area contributed by atoms with Gasteiger partial charge in [0.25, 0.3) is 0 Å². The normalized spacial score (nSPS) is 12.6. The number of unbranched alkanes of at least 4 members (excludes halogenated alkanes) is 11. The molecule has 4 aromatic rings. The summed E-state index contributed by atoms with van der Waals surface area (Å²) in [5.41, 5.74) is 3.04. The summed E-state index contributed by atoms with van der Waals surface area (Å²) in [7, 11) is 1.69. The number of likely N-dealkylation sites (N-methyl/N-ethyl adjacent to an activating group) is 1. The topological polar surface area (TPSA) is 169 Å². The minimum Gasteiger partial charge on any atom is -0.508 e. The van der Waals surface area contributed by atoms with Crippen LogP contribution in [0.4, 0.5) is 0 Å². The van der Waals surface area contributed by atoms with Crippen LogP contribution in [0.5, 0.6) is 5.75 Å². The lowest BCUT2D eigenvalue weighted by Crippen LogP contribution is -2.58. The number of hydrogen-bond donors (Lipinski definition) is 5. The number of aromatic nitrogens is 3. The number of phenols is 1. The Morgan fingerprint density at radius 3 is 1.86 bits per heavy atom. The maximum atomic E-state index is 14.3.